The van der Waals surface area contributed by atoms with E-state index in [0.29, 0.717) is 39.6 Å². The van der Waals surface area contributed by atoms with Gasteiger partial charge in [0.15, 0.2) is 0 Å². The number of aromatic nitrogens is 3. The highest BCUT2D eigenvalue weighted by Gasteiger charge is 2.45. The van der Waals surface area contributed by atoms with E-state index < -0.39 is 5.97 Å². The predicted octanol–water partition coefficient (Wildman–Crippen LogP) is 7.45. The quantitative estimate of drug-likeness (QED) is 0.205. The van der Waals surface area contributed by atoms with Gasteiger partial charge < -0.3 is 14.4 Å². The maximum absolute atomic E-state index is 15.5. The molecular formula is C33H29F2N3O3. The van der Waals surface area contributed by atoms with Crippen LogP contribution in [-0.4, -0.2) is 25.6 Å². The summed E-state index contributed by atoms with van der Waals surface area (Å²) in [5.74, 6) is -0.680. The smallest absolute Gasteiger partial charge is 0.335 e. The van der Waals surface area contributed by atoms with Crippen LogP contribution in [0.25, 0.3) is 22.3 Å². The average Bonchev–Trinajstić information content (AvgIpc) is 3.67. The van der Waals surface area contributed by atoms with Crippen molar-refractivity contribution < 1.29 is 23.4 Å². The molecule has 3 aromatic carbocycles. The third-order valence-corrected chi connectivity index (χ3v) is 7.94. The summed E-state index contributed by atoms with van der Waals surface area (Å²) in [6.07, 6.45) is 3.09. The molecule has 1 saturated carbocycles. The van der Waals surface area contributed by atoms with Crippen molar-refractivity contribution in [2.45, 2.75) is 51.7 Å². The minimum Gasteiger partial charge on any atom is -0.478 e. The molecule has 2 aromatic heterocycles. The number of aromatic carboxylic acids is 1. The monoisotopic (exact) mass is 553 g/mol. The number of aryl methyl sites for hydroxylation is 1. The molecule has 0 saturated heterocycles. The van der Waals surface area contributed by atoms with E-state index in [0.717, 1.165) is 30.3 Å². The fourth-order valence-electron chi connectivity index (χ4n) is 5.38. The molecule has 0 spiro atoms. The molecule has 8 heteroatoms. The van der Waals surface area contributed by atoms with Crippen LogP contribution in [0, 0.1) is 18.6 Å². The Morgan fingerprint density at radius 2 is 1.76 bits per heavy atom. The van der Waals surface area contributed by atoms with E-state index in [1.807, 2.05) is 19.1 Å². The van der Waals surface area contributed by atoms with E-state index in [-0.39, 0.29) is 35.8 Å². The van der Waals surface area contributed by atoms with Crippen molar-refractivity contribution in [2.75, 3.05) is 0 Å². The maximum Gasteiger partial charge on any atom is 0.335 e. The Morgan fingerprint density at radius 1 is 0.976 bits per heavy atom. The minimum atomic E-state index is -0.991. The lowest BCUT2D eigenvalue weighted by Gasteiger charge is -2.20. The van der Waals surface area contributed by atoms with E-state index in [1.165, 1.54) is 12.1 Å². The number of carboxylic acid groups (broad SMARTS) is 1. The van der Waals surface area contributed by atoms with Gasteiger partial charge in [-0.05, 0) is 73.7 Å². The molecule has 208 valence electrons. The number of benzene rings is 3. The van der Waals surface area contributed by atoms with Crippen LogP contribution in [0.15, 0.2) is 72.8 Å². The topological polar surface area (TPSA) is 77.2 Å². The highest BCUT2D eigenvalue weighted by molar-refractivity contribution is 5.92. The van der Waals surface area contributed by atoms with E-state index in [1.54, 1.807) is 48.5 Å². The summed E-state index contributed by atoms with van der Waals surface area (Å²) < 4.78 is 37.5. The zero-order valence-electron chi connectivity index (χ0n) is 22.8. The van der Waals surface area contributed by atoms with Gasteiger partial charge in [-0.2, -0.15) is 0 Å². The second-order valence-electron chi connectivity index (χ2n) is 10.7. The molecule has 1 aliphatic rings. The van der Waals surface area contributed by atoms with Gasteiger partial charge in [0.1, 0.15) is 24.1 Å². The summed E-state index contributed by atoms with van der Waals surface area (Å²) in [6, 6.07) is 20.1. The van der Waals surface area contributed by atoms with Crippen LogP contribution in [0.5, 0.6) is 5.88 Å². The number of pyridine rings is 1. The van der Waals surface area contributed by atoms with Gasteiger partial charge >= 0.3 is 5.97 Å². The number of hydrogen-bond donors (Lipinski definition) is 1. The van der Waals surface area contributed by atoms with Crippen molar-refractivity contribution in [3.8, 4) is 17.1 Å². The van der Waals surface area contributed by atoms with Crippen LogP contribution in [0.2, 0.25) is 0 Å². The number of imidazole rings is 1. The lowest BCUT2D eigenvalue weighted by molar-refractivity contribution is 0.0697. The van der Waals surface area contributed by atoms with E-state index >= 15 is 4.39 Å². The Balaban J connectivity index is 1.26. The number of hydrogen-bond acceptors (Lipinski definition) is 4. The number of rotatable bonds is 9. The molecular weight excluding hydrogens is 524 g/mol. The normalized spacial score (nSPS) is 13.9. The van der Waals surface area contributed by atoms with Gasteiger partial charge in [0, 0.05) is 29.2 Å². The highest BCUT2D eigenvalue weighted by atomic mass is 19.1. The van der Waals surface area contributed by atoms with Gasteiger partial charge in [0.2, 0.25) is 5.88 Å². The zero-order chi connectivity index (χ0) is 28.7. The molecule has 1 N–H and O–H groups in total. The second kappa shape index (κ2) is 10.4. The Bertz CT molecular complexity index is 1790. The van der Waals surface area contributed by atoms with Crippen molar-refractivity contribution in [3.63, 3.8) is 0 Å². The molecule has 0 bridgehead atoms. The average molecular weight is 554 g/mol. The summed E-state index contributed by atoms with van der Waals surface area (Å²) in [4.78, 5) is 20.9. The largest absolute Gasteiger partial charge is 0.478 e. The molecule has 6 rings (SSSR count). The minimum absolute atomic E-state index is 0.0318. The maximum atomic E-state index is 15.5. The second-order valence-corrected chi connectivity index (χ2v) is 10.7. The number of carboxylic acids is 1. The van der Waals surface area contributed by atoms with Crippen molar-refractivity contribution >= 4 is 17.0 Å². The number of ether oxygens (including phenoxy) is 1. The van der Waals surface area contributed by atoms with Gasteiger partial charge in [0.25, 0.3) is 0 Å². The van der Waals surface area contributed by atoms with Crippen LogP contribution >= 0.6 is 0 Å². The number of halogens is 2. The summed E-state index contributed by atoms with van der Waals surface area (Å²) in [5, 5.41) is 9.52. The van der Waals surface area contributed by atoms with Gasteiger partial charge in [-0.25, -0.2) is 23.5 Å². The highest BCUT2D eigenvalue weighted by Crippen LogP contribution is 2.49. The standard InChI is InChI=1S/C33H29F2N3O3/c1-3-33(13-14-33)38-29-17-23(32(39)40)11-12-28(29)36-30(38)18-21-9-10-22(16-26(21)35)27-5-4-6-31(37-27)41-19-24-8-7-20(2)15-25(24)34/h4-12,15-17H,3,13-14,18-19H2,1-2H3,(H,39,40). The summed E-state index contributed by atoms with van der Waals surface area (Å²) in [5.41, 5.74) is 4.42. The van der Waals surface area contributed by atoms with E-state index in [4.69, 9.17) is 9.72 Å². The third kappa shape index (κ3) is 5.17. The van der Waals surface area contributed by atoms with Crippen LogP contribution in [0.3, 0.4) is 0 Å². The molecule has 5 aromatic rings. The first-order valence-electron chi connectivity index (χ1n) is 13.7. The molecule has 41 heavy (non-hydrogen) atoms. The van der Waals surface area contributed by atoms with Crippen molar-refractivity contribution in [1.29, 1.82) is 0 Å². The van der Waals surface area contributed by atoms with E-state index in [2.05, 4.69) is 16.5 Å². The van der Waals surface area contributed by atoms with Crippen molar-refractivity contribution in [3.05, 3.63) is 113 Å². The number of carbonyl (C=O) groups is 1. The van der Waals surface area contributed by atoms with Crippen molar-refractivity contribution in [1.82, 2.24) is 14.5 Å². The summed E-state index contributed by atoms with van der Waals surface area (Å²) >= 11 is 0. The van der Waals surface area contributed by atoms with E-state index in [9.17, 15) is 14.3 Å². The molecule has 0 aliphatic heterocycles. The Morgan fingerprint density at radius 3 is 2.46 bits per heavy atom. The molecule has 1 aliphatic carbocycles. The van der Waals surface area contributed by atoms with Gasteiger partial charge in [-0.15, -0.1) is 0 Å². The van der Waals surface area contributed by atoms with Gasteiger partial charge in [0.05, 0.1) is 22.3 Å². The number of nitrogens with zero attached hydrogens (tertiary/aromatic N) is 3. The molecule has 0 atom stereocenters. The third-order valence-electron chi connectivity index (χ3n) is 7.94. The summed E-state index contributed by atoms with van der Waals surface area (Å²) in [7, 11) is 0. The lowest BCUT2D eigenvalue weighted by atomic mass is 10.0. The first-order valence-corrected chi connectivity index (χ1v) is 13.7. The first kappa shape index (κ1) is 26.6. The van der Waals surface area contributed by atoms with Crippen LogP contribution in [0.4, 0.5) is 8.78 Å². The summed E-state index contributed by atoms with van der Waals surface area (Å²) in [6.45, 7) is 3.97. The fraction of sp³-hybridized carbons (Fsp3) is 0.242. The molecule has 2 heterocycles. The number of fused-ring (bicyclic) bond motifs is 1. The SMILES string of the molecule is CCC1(n2c(Cc3ccc(-c4cccc(OCc5ccc(C)cc5F)n4)cc3F)nc3ccc(C(=O)O)cc32)CC1. The van der Waals surface area contributed by atoms with Crippen LogP contribution in [0.1, 0.15) is 59.1 Å². The molecule has 6 nitrogen and oxygen atoms in total. The van der Waals surface area contributed by atoms with Crippen LogP contribution in [-0.2, 0) is 18.6 Å². The Kier molecular flexibility index (Phi) is 6.77. The van der Waals surface area contributed by atoms with Gasteiger partial charge in [-0.3, -0.25) is 0 Å². The predicted molar refractivity (Wildman–Crippen MR) is 152 cm³/mol. The van der Waals surface area contributed by atoms with Crippen molar-refractivity contribution in [2.24, 2.45) is 0 Å². The molecule has 0 unspecified atom stereocenters. The molecule has 0 radical (unpaired) electrons. The molecule has 1 fully saturated rings. The Hall–Kier alpha value is -4.59. The zero-order valence-corrected chi connectivity index (χ0v) is 22.8. The Labute approximate surface area is 236 Å². The van der Waals surface area contributed by atoms with Crippen LogP contribution < -0.4 is 4.74 Å². The fourth-order valence-corrected chi connectivity index (χ4v) is 5.38. The molecule has 0 amide bonds. The lowest BCUT2D eigenvalue weighted by Crippen LogP contribution is -2.19. The van der Waals surface area contributed by atoms with Gasteiger partial charge in [-0.1, -0.05) is 37.3 Å². The first-order chi connectivity index (χ1) is 19.8.